The Morgan fingerprint density at radius 3 is 2.67 bits per heavy atom. The number of amides is 2. The molecule has 3 aromatic carbocycles. The molecule has 2 heterocycles. The minimum Gasteiger partial charge on any atom is -0.497 e. The lowest BCUT2D eigenvalue weighted by Gasteiger charge is -2.33. The molecule has 33 heavy (non-hydrogen) atoms. The quantitative estimate of drug-likeness (QED) is 0.514. The number of carbonyl (C=O) groups excluding carboxylic acids is 2. The molecule has 0 aromatic heterocycles. The van der Waals surface area contributed by atoms with Gasteiger partial charge in [-0.2, -0.15) is 0 Å². The normalized spacial score (nSPS) is 19.3. The number of hydrogen-bond acceptors (Lipinski definition) is 4. The predicted molar refractivity (Wildman–Crippen MR) is 132 cm³/mol. The van der Waals surface area contributed by atoms with Gasteiger partial charge in [0.2, 0.25) is 0 Å². The molecule has 5 nitrogen and oxygen atoms in total. The first-order valence-corrected chi connectivity index (χ1v) is 12.1. The summed E-state index contributed by atoms with van der Waals surface area (Å²) in [6.07, 6.45) is 0. The van der Waals surface area contributed by atoms with Gasteiger partial charge in [-0.25, -0.2) is 0 Å². The summed E-state index contributed by atoms with van der Waals surface area (Å²) in [6.45, 7) is 2.93. The first kappa shape index (κ1) is 21.9. The van der Waals surface area contributed by atoms with Gasteiger partial charge in [0, 0.05) is 28.4 Å². The van der Waals surface area contributed by atoms with Crippen LogP contribution in [0, 0.1) is 6.92 Å². The van der Waals surface area contributed by atoms with Crippen molar-refractivity contribution in [2.24, 2.45) is 0 Å². The van der Waals surface area contributed by atoms with Gasteiger partial charge < -0.3 is 14.5 Å². The summed E-state index contributed by atoms with van der Waals surface area (Å²) in [7, 11) is 1.57. The van der Waals surface area contributed by atoms with E-state index in [4.69, 9.17) is 16.3 Å². The molecule has 2 aliphatic rings. The van der Waals surface area contributed by atoms with E-state index in [1.54, 1.807) is 47.2 Å². The van der Waals surface area contributed by atoms with Gasteiger partial charge >= 0.3 is 0 Å². The average Bonchev–Trinajstić information content (AvgIpc) is 3.37. The van der Waals surface area contributed by atoms with Crippen molar-refractivity contribution in [2.45, 2.75) is 18.3 Å². The Morgan fingerprint density at radius 1 is 1.12 bits per heavy atom. The highest BCUT2D eigenvalue weighted by molar-refractivity contribution is 8.01. The molecule has 0 N–H and O–H groups in total. The second-order valence-corrected chi connectivity index (χ2v) is 9.94. The molecule has 2 amide bonds. The van der Waals surface area contributed by atoms with Gasteiger partial charge in [-0.3, -0.25) is 9.59 Å². The number of aryl methyl sites for hydroxylation is 1. The smallest absolute Gasteiger partial charge is 0.268 e. The lowest BCUT2D eigenvalue weighted by atomic mass is 10.0. The third-order valence-corrected chi connectivity index (χ3v) is 7.83. The molecule has 1 atom stereocenters. The first-order valence-electron chi connectivity index (χ1n) is 10.7. The Bertz CT molecular complexity index is 1250. The molecule has 7 heteroatoms. The molecular formula is C26H23ClN2O3S. The summed E-state index contributed by atoms with van der Waals surface area (Å²) < 4.78 is 5.30. The molecule has 0 saturated carbocycles. The van der Waals surface area contributed by atoms with Crippen molar-refractivity contribution >= 4 is 40.9 Å². The summed E-state index contributed by atoms with van der Waals surface area (Å²) in [5.41, 5.74) is 4.25. The molecule has 1 saturated heterocycles. The van der Waals surface area contributed by atoms with Crippen LogP contribution in [-0.2, 0) is 16.2 Å². The van der Waals surface area contributed by atoms with Crippen LogP contribution >= 0.6 is 23.4 Å². The Hall–Kier alpha value is -2.96. The molecule has 0 radical (unpaired) electrons. The fourth-order valence-corrected chi connectivity index (χ4v) is 6.16. The van der Waals surface area contributed by atoms with Crippen LogP contribution in [0.4, 0.5) is 5.69 Å². The zero-order chi connectivity index (χ0) is 23.2. The summed E-state index contributed by atoms with van der Waals surface area (Å²) in [5.74, 6) is 0.949. The van der Waals surface area contributed by atoms with E-state index in [1.807, 2.05) is 43.3 Å². The van der Waals surface area contributed by atoms with Crippen molar-refractivity contribution in [3.05, 3.63) is 94.0 Å². The van der Waals surface area contributed by atoms with Crippen LogP contribution in [0.3, 0.4) is 0 Å². The monoisotopic (exact) mass is 478 g/mol. The zero-order valence-corrected chi connectivity index (χ0v) is 19.9. The highest BCUT2D eigenvalue weighted by Crippen LogP contribution is 2.55. The standard InChI is InChI=1S/C26H23ClN2O3S/c1-17-6-8-18(9-7-17)16-28-23-11-10-20(27)15-22(23)26(25(28)31)29(12-13-33-26)24(30)19-4-3-5-21(14-19)32-2/h3-11,14-15H,12-13,16H2,1-2H3/t26-/m1/s1. The van der Waals surface area contributed by atoms with Gasteiger partial charge in [-0.1, -0.05) is 47.5 Å². The number of thioether (sulfide) groups is 1. The van der Waals surface area contributed by atoms with Crippen LogP contribution in [0.1, 0.15) is 27.0 Å². The lowest BCUT2D eigenvalue weighted by Crippen LogP contribution is -2.50. The molecule has 0 unspecified atom stereocenters. The number of methoxy groups -OCH3 is 1. The molecule has 0 aliphatic carbocycles. The van der Waals surface area contributed by atoms with E-state index in [2.05, 4.69) is 0 Å². The minimum atomic E-state index is -1.13. The summed E-state index contributed by atoms with van der Waals surface area (Å²) in [5, 5.41) is 0.541. The number of carbonyl (C=O) groups is 2. The van der Waals surface area contributed by atoms with E-state index in [0.29, 0.717) is 35.2 Å². The molecular weight excluding hydrogens is 456 g/mol. The van der Waals surface area contributed by atoms with Gasteiger partial charge in [0.05, 0.1) is 19.3 Å². The predicted octanol–water partition coefficient (Wildman–Crippen LogP) is 5.25. The molecule has 5 rings (SSSR count). The molecule has 168 valence electrons. The van der Waals surface area contributed by atoms with Gasteiger partial charge in [-0.15, -0.1) is 11.8 Å². The number of hydrogen-bond donors (Lipinski definition) is 0. The number of rotatable bonds is 4. The molecule has 1 spiro atoms. The molecule has 3 aromatic rings. The second kappa shape index (κ2) is 8.43. The maximum absolute atomic E-state index is 14.1. The fraction of sp³-hybridized carbons (Fsp3) is 0.231. The van der Waals surface area contributed by atoms with Crippen molar-refractivity contribution in [3.8, 4) is 5.75 Å². The van der Waals surface area contributed by atoms with E-state index in [0.717, 1.165) is 22.4 Å². The number of anilines is 1. The maximum atomic E-state index is 14.1. The first-order chi connectivity index (χ1) is 15.9. The van der Waals surface area contributed by atoms with Crippen LogP contribution in [0.2, 0.25) is 5.02 Å². The van der Waals surface area contributed by atoms with Gasteiger partial charge in [0.1, 0.15) is 5.75 Å². The maximum Gasteiger partial charge on any atom is 0.268 e. The van der Waals surface area contributed by atoms with Crippen molar-refractivity contribution in [1.29, 1.82) is 0 Å². The molecule has 1 fully saturated rings. The number of fused-ring (bicyclic) bond motifs is 2. The van der Waals surface area contributed by atoms with Crippen molar-refractivity contribution in [3.63, 3.8) is 0 Å². The van der Waals surface area contributed by atoms with Crippen LogP contribution in [0.5, 0.6) is 5.75 Å². The van der Waals surface area contributed by atoms with Crippen molar-refractivity contribution < 1.29 is 14.3 Å². The largest absolute Gasteiger partial charge is 0.497 e. The van der Waals surface area contributed by atoms with Crippen molar-refractivity contribution in [1.82, 2.24) is 4.90 Å². The highest BCUT2D eigenvalue weighted by atomic mass is 35.5. The van der Waals surface area contributed by atoms with Gasteiger partial charge in [-0.05, 0) is 48.9 Å². The van der Waals surface area contributed by atoms with Crippen LogP contribution in [-0.4, -0.2) is 36.1 Å². The second-order valence-electron chi connectivity index (χ2n) is 8.22. The van der Waals surface area contributed by atoms with E-state index in [-0.39, 0.29) is 11.8 Å². The third kappa shape index (κ3) is 3.58. The highest BCUT2D eigenvalue weighted by Gasteiger charge is 2.59. The van der Waals surface area contributed by atoms with E-state index < -0.39 is 4.87 Å². The van der Waals surface area contributed by atoms with Crippen molar-refractivity contribution in [2.75, 3.05) is 24.3 Å². The van der Waals surface area contributed by atoms with Crippen LogP contribution in [0.25, 0.3) is 0 Å². The molecule has 0 bridgehead atoms. The zero-order valence-electron chi connectivity index (χ0n) is 18.4. The Balaban J connectivity index is 1.58. The number of ether oxygens (including phenoxy) is 1. The SMILES string of the molecule is COc1cccc(C(=O)N2CCS[C@]23C(=O)N(Cc2ccc(C)cc2)c2ccc(Cl)cc23)c1. The third-order valence-electron chi connectivity index (χ3n) is 6.18. The lowest BCUT2D eigenvalue weighted by molar-refractivity contribution is -0.123. The topological polar surface area (TPSA) is 49.9 Å². The van der Waals surface area contributed by atoms with Crippen LogP contribution < -0.4 is 9.64 Å². The number of nitrogens with zero attached hydrogens (tertiary/aromatic N) is 2. The van der Waals surface area contributed by atoms with E-state index in [1.165, 1.54) is 11.8 Å². The van der Waals surface area contributed by atoms with Gasteiger partial charge in [0.25, 0.3) is 11.8 Å². The number of halogens is 1. The summed E-state index contributed by atoms with van der Waals surface area (Å²) >= 11 is 7.88. The fourth-order valence-electron chi connectivity index (χ4n) is 4.53. The number of benzene rings is 3. The summed E-state index contributed by atoms with van der Waals surface area (Å²) in [6, 6.07) is 20.7. The Kier molecular flexibility index (Phi) is 5.59. The Labute approximate surface area is 202 Å². The molecule has 2 aliphatic heterocycles. The minimum absolute atomic E-state index is 0.112. The van der Waals surface area contributed by atoms with Gasteiger partial charge in [0.15, 0.2) is 4.87 Å². The van der Waals surface area contributed by atoms with Crippen LogP contribution in [0.15, 0.2) is 66.7 Å². The van der Waals surface area contributed by atoms with E-state index >= 15 is 0 Å². The average molecular weight is 479 g/mol. The Morgan fingerprint density at radius 2 is 1.91 bits per heavy atom. The summed E-state index contributed by atoms with van der Waals surface area (Å²) in [4.78, 5) is 30.1. The van der Waals surface area contributed by atoms with E-state index in [9.17, 15) is 9.59 Å².